The highest BCUT2D eigenvalue weighted by molar-refractivity contribution is 4.76. The largest absolute Gasteiger partial charge is 0.382 e. The van der Waals surface area contributed by atoms with Crippen LogP contribution in [0.3, 0.4) is 0 Å². The first-order valence-corrected chi connectivity index (χ1v) is 11.4. The summed E-state index contributed by atoms with van der Waals surface area (Å²) in [6.07, 6.45) is 20.6. The van der Waals surface area contributed by atoms with Crippen LogP contribution in [0.5, 0.6) is 0 Å². The van der Waals surface area contributed by atoms with Gasteiger partial charge in [-0.15, -0.1) is 0 Å². The molecule has 0 N–H and O–H groups in total. The number of methoxy groups -OCH3 is 1. The maximum Gasteiger partial charge on any atom is 0.0700 e. The molecule has 0 spiro atoms. The Balaban J connectivity index is 1.48. The molecule has 2 rings (SSSR count). The Morgan fingerprint density at radius 1 is 0.640 bits per heavy atom. The van der Waals surface area contributed by atoms with E-state index in [1.54, 1.807) is 7.11 Å². The van der Waals surface area contributed by atoms with Crippen molar-refractivity contribution in [1.29, 1.82) is 0 Å². The van der Waals surface area contributed by atoms with Gasteiger partial charge in [0.25, 0.3) is 0 Å². The Bertz CT molecular complexity index is 301. The van der Waals surface area contributed by atoms with Crippen LogP contribution in [0.15, 0.2) is 0 Å². The fourth-order valence-electron chi connectivity index (χ4n) is 5.04. The summed E-state index contributed by atoms with van der Waals surface area (Å²) in [6, 6.07) is 0. The molecule has 0 radical (unpaired) electrons. The molecular weight excluding hydrogens is 308 g/mol. The minimum Gasteiger partial charge on any atom is -0.382 e. The second-order valence-corrected chi connectivity index (χ2v) is 8.91. The summed E-state index contributed by atoms with van der Waals surface area (Å²) in [5.74, 6) is 3.94. The zero-order valence-corrected chi connectivity index (χ0v) is 17.1. The topological polar surface area (TPSA) is 18.5 Å². The van der Waals surface area contributed by atoms with E-state index in [1.807, 2.05) is 0 Å². The molecule has 0 aliphatic heterocycles. The lowest BCUT2D eigenvalue weighted by atomic mass is 9.75. The van der Waals surface area contributed by atoms with Crippen molar-refractivity contribution in [1.82, 2.24) is 0 Å². The number of hydrogen-bond acceptors (Lipinski definition) is 2. The first-order valence-electron chi connectivity index (χ1n) is 11.4. The second-order valence-electron chi connectivity index (χ2n) is 8.91. The molecule has 0 aromatic rings. The summed E-state index contributed by atoms with van der Waals surface area (Å²) in [6.45, 7) is 4.77. The number of ether oxygens (including phenoxy) is 2. The molecule has 0 amide bonds. The van der Waals surface area contributed by atoms with Gasteiger partial charge < -0.3 is 9.47 Å². The van der Waals surface area contributed by atoms with Gasteiger partial charge in [-0.1, -0.05) is 84.0 Å². The van der Waals surface area contributed by atoms with Crippen molar-refractivity contribution < 1.29 is 9.47 Å². The summed E-state index contributed by atoms with van der Waals surface area (Å²) < 4.78 is 10.8. The summed E-state index contributed by atoms with van der Waals surface area (Å²) >= 11 is 0. The Labute approximate surface area is 157 Å². The highest BCUT2D eigenvalue weighted by Crippen LogP contribution is 2.37. The van der Waals surface area contributed by atoms with E-state index in [9.17, 15) is 0 Å². The minimum atomic E-state index is 0.732. The van der Waals surface area contributed by atoms with E-state index < -0.39 is 0 Å². The predicted octanol–water partition coefficient (Wildman–Crippen LogP) is 6.62. The number of hydrogen-bond donors (Lipinski definition) is 0. The third-order valence-electron chi connectivity index (χ3n) is 6.92. The van der Waals surface area contributed by atoms with Crippen LogP contribution in [0.1, 0.15) is 96.8 Å². The molecule has 0 atom stereocenters. The van der Waals surface area contributed by atoms with E-state index in [0.29, 0.717) is 0 Å². The average Bonchev–Trinajstić information content (AvgIpc) is 2.66. The van der Waals surface area contributed by atoms with Gasteiger partial charge in [0, 0.05) is 13.7 Å². The first kappa shape index (κ1) is 21.2. The van der Waals surface area contributed by atoms with E-state index in [1.165, 1.54) is 89.9 Å². The average molecular weight is 353 g/mol. The molecule has 2 fully saturated rings. The summed E-state index contributed by atoms with van der Waals surface area (Å²) in [4.78, 5) is 0. The molecule has 0 aromatic heterocycles. The maximum atomic E-state index is 5.72. The molecule has 2 nitrogen and oxygen atoms in total. The van der Waals surface area contributed by atoms with Gasteiger partial charge in [0.2, 0.25) is 0 Å². The molecular formula is C23H44O2. The van der Waals surface area contributed by atoms with Crippen molar-refractivity contribution in [3.8, 4) is 0 Å². The predicted molar refractivity (Wildman–Crippen MR) is 107 cm³/mol. The van der Waals surface area contributed by atoms with Crippen LogP contribution in [0.2, 0.25) is 0 Å². The quantitative estimate of drug-likeness (QED) is 0.367. The van der Waals surface area contributed by atoms with Crippen LogP contribution in [0.4, 0.5) is 0 Å². The van der Waals surface area contributed by atoms with Crippen molar-refractivity contribution in [2.75, 3.05) is 26.9 Å². The van der Waals surface area contributed by atoms with Crippen LogP contribution in [-0.2, 0) is 9.47 Å². The van der Waals surface area contributed by atoms with E-state index in [2.05, 4.69) is 6.92 Å². The van der Waals surface area contributed by atoms with Crippen LogP contribution >= 0.6 is 0 Å². The van der Waals surface area contributed by atoms with Gasteiger partial charge in [-0.3, -0.25) is 0 Å². The molecule has 2 aliphatic rings. The smallest absolute Gasteiger partial charge is 0.0700 e. The van der Waals surface area contributed by atoms with Gasteiger partial charge in [-0.05, 0) is 36.5 Å². The molecule has 0 unspecified atom stereocenters. The lowest BCUT2D eigenvalue weighted by Crippen LogP contribution is -2.21. The fourth-order valence-corrected chi connectivity index (χ4v) is 5.04. The third kappa shape index (κ3) is 8.91. The molecule has 148 valence electrons. The van der Waals surface area contributed by atoms with Gasteiger partial charge >= 0.3 is 0 Å². The normalized spacial score (nSPS) is 30.5. The zero-order chi connectivity index (χ0) is 17.7. The molecule has 0 saturated heterocycles. The summed E-state index contributed by atoms with van der Waals surface area (Å²) in [5.41, 5.74) is 0. The molecule has 0 bridgehead atoms. The Morgan fingerprint density at radius 2 is 1.16 bits per heavy atom. The van der Waals surface area contributed by atoms with Crippen LogP contribution < -0.4 is 0 Å². The maximum absolute atomic E-state index is 5.72. The zero-order valence-electron chi connectivity index (χ0n) is 17.1. The third-order valence-corrected chi connectivity index (χ3v) is 6.92. The number of rotatable bonds is 12. The molecule has 0 heterocycles. The van der Waals surface area contributed by atoms with E-state index in [4.69, 9.17) is 9.47 Å². The van der Waals surface area contributed by atoms with Crippen molar-refractivity contribution in [2.24, 2.45) is 23.7 Å². The first-order chi connectivity index (χ1) is 12.3. The standard InChI is InChI=1S/C23H44O2/c1-3-4-5-6-20-7-9-21(10-8-20)11-12-22-13-15-23(16-14-22)19-25-18-17-24-2/h20-23H,3-19H2,1-2H3. The van der Waals surface area contributed by atoms with Gasteiger partial charge in [0.05, 0.1) is 13.2 Å². The lowest BCUT2D eigenvalue weighted by Gasteiger charge is -2.32. The van der Waals surface area contributed by atoms with E-state index in [-0.39, 0.29) is 0 Å². The van der Waals surface area contributed by atoms with E-state index in [0.717, 1.165) is 43.5 Å². The summed E-state index contributed by atoms with van der Waals surface area (Å²) in [7, 11) is 1.74. The van der Waals surface area contributed by atoms with Crippen molar-refractivity contribution >= 4 is 0 Å². The van der Waals surface area contributed by atoms with Crippen LogP contribution in [0, 0.1) is 23.7 Å². The lowest BCUT2D eigenvalue weighted by molar-refractivity contribution is 0.0391. The van der Waals surface area contributed by atoms with Crippen LogP contribution in [0.25, 0.3) is 0 Å². The monoisotopic (exact) mass is 352 g/mol. The molecule has 2 aliphatic carbocycles. The molecule has 2 saturated carbocycles. The van der Waals surface area contributed by atoms with Crippen molar-refractivity contribution in [3.05, 3.63) is 0 Å². The Kier molecular flexibility index (Phi) is 11.2. The molecule has 0 aromatic carbocycles. The van der Waals surface area contributed by atoms with Crippen LogP contribution in [-0.4, -0.2) is 26.9 Å². The fraction of sp³-hybridized carbons (Fsp3) is 1.00. The van der Waals surface area contributed by atoms with E-state index >= 15 is 0 Å². The van der Waals surface area contributed by atoms with Gasteiger partial charge in [-0.2, -0.15) is 0 Å². The summed E-state index contributed by atoms with van der Waals surface area (Å²) in [5, 5.41) is 0. The second kappa shape index (κ2) is 13.1. The highest BCUT2D eigenvalue weighted by Gasteiger charge is 2.24. The van der Waals surface area contributed by atoms with Gasteiger partial charge in [-0.25, -0.2) is 0 Å². The molecule has 25 heavy (non-hydrogen) atoms. The van der Waals surface area contributed by atoms with Gasteiger partial charge in [0.1, 0.15) is 0 Å². The van der Waals surface area contributed by atoms with Crippen molar-refractivity contribution in [3.63, 3.8) is 0 Å². The Hall–Kier alpha value is -0.0800. The molecule has 2 heteroatoms. The number of unbranched alkanes of at least 4 members (excludes halogenated alkanes) is 2. The van der Waals surface area contributed by atoms with Crippen molar-refractivity contribution in [2.45, 2.75) is 96.8 Å². The van der Waals surface area contributed by atoms with Gasteiger partial charge in [0.15, 0.2) is 0 Å². The minimum absolute atomic E-state index is 0.732. The SMILES string of the molecule is CCCCCC1CCC(CCC2CCC(COCCOC)CC2)CC1. The Morgan fingerprint density at radius 3 is 1.68 bits per heavy atom. The highest BCUT2D eigenvalue weighted by atomic mass is 16.5.